The first-order valence-corrected chi connectivity index (χ1v) is 6.82. The minimum Gasteiger partial charge on any atom is -0.744 e. The van der Waals surface area contributed by atoms with E-state index < -0.39 is 22.2 Å². The third-order valence-electron chi connectivity index (χ3n) is 2.02. The Morgan fingerprint density at radius 3 is 2.00 bits per heavy atom. The number of fused-ring (bicyclic) bond motifs is 1. The molecule has 98 valence electrons. The van der Waals surface area contributed by atoms with Crippen LogP contribution in [-0.4, -0.2) is 13.0 Å². The molecule has 0 aromatic heterocycles. The average Bonchev–Trinajstić information content (AvgIpc) is 2.26. The van der Waals surface area contributed by atoms with Crippen LogP contribution in [0.25, 0.3) is 10.8 Å². The van der Waals surface area contributed by atoms with Gasteiger partial charge in [0.2, 0.25) is 0 Å². The van der Waals surface area contributed by atoms with Gasteiger partial charge in [-0.1, -0.05) is 36.4 Å². The summed E-state index contributed by atoms with van der Waals surface area (Å²) < 4.78 is 61.8. The van der Waals surface area contributed by atoms with Crippen LogP contribution < -0.4 is 0 Å². The van der Waals surface area contributed by atoms with E-state index in [1.165, 1.54) is 6.07 Å². The van der Waals surface area contributed by atoms with Crippen LogP contribution in [0.15, 0.2) is 47.4 Å². The molecular formula is C10H7F3O3S2. The number of hydrogen-bond donors (Lipinski definition) is 0. The molecule has 0 saturated heterocycles. The summed E-state index contributed by atoms with van der Waals surface area (Å²) in [5, 5.41) is 1.23. The van der Waals surface area contributed by atoms with Gasteiger partial charge in [-0.2, -0.15) is 0 Å². The molecule has 0 aliphatic heterocycles. The van der Waals surface area contributed by atoms with Gasteiger partial charge in [0.1, 0.15) is 21.8 Å². The smallest absolute Gasteiger partial charge is 0.661 e. The molecular weight excluding hydrogens is 289 g/mol. The first-order chi connectivity index (χ1) is 8.32. The Morgan fingerprint density at radius 2 is 1.44 bits per heavy atom. The van der Waals surface area contributed by atoms with E-state index in [4.69, 9.17) is 0 Å². The van der Waals surface area contributed by atoms with Crippen molar-refractivity contribution >= 4 is 32.9 Å². The van der Waals surface area contributed by atoms with Gasteiger partial charge in [-0.25, -0.2) is 8.42 Å². The highest BCUT2D eigenvalue weighted by molar-refractivity contribution is 7.86. The molecule has 0 fully saturated rings. The molecule has 8 heteroatoms. The van der Waals surface area contributed by atoms with Crippen molar-refractivity contribution in [3.63, 3.8) is 0 Å². The Hall–Kier alpha value is -1.25. The van der Waals surface area contributed by atoms with Crippen molar-refractivity contribution in [2.24, 2.45) is 0 Å². The summed E-state index contributed by atoms with van der Waals surface area (Å²) in [6.45, 7) is 0. The van der Waals surface area contributed by atoms with E-state index in [1.807, 2.05) is 0 Å². The van der Waals surface area contributed by atoms with Gasteiger partial charge >= 0.3 is 12.1 Å². The number of benzene rings is 2. The number of rotatable bonds is 1. The predicted molar refractivity (Wildman–Crippen MR) is 62.6 cm³/mol. The molecule has 2 rings (SSSR count). The van der Waals surface area contributed by atoms with Crippen molar-refractivity contribution in [2.75, 3.05) is 0 Å². The summed E-state index contributed by atoms with van der Waals surface area (Å²) in [4.78, 5) is -0.157. The second-order valence-corrected chi connectivity index (χ2v) is 4.80. The molecule has 2 aromatic carbocycles. The van der Waals surface area contributed by atoms with Gasteiger partial charge in [-0.15, -0.1) is 0 Å². The van der Waals surface area contributed by atoms with Crippen LogP contribution in [0.3, 0.4) is 0 Å². The second kappa shape index (κ2) is 6.07. The maximum atomic E-state index is 10.9. The summed E-state index contributed by atoms with van der Waals surface area (Å²) in [5.74, 6) is 0. The second-order valence-electron chi connectivity index (χ2n) is 3.11. The van der Waals surface area contributed by atoms with Gasteiger partial charge < -0.3 is 4.55 Å². The summed E-state index contributed by atoms with van der Waals surface area (Å²) in [6, 6.07) is 11.5. The zero-order valence-electron chi connectivity index (χ0n) is 8.72. The van der Waals surface area contributed by atoms with E-state index in [0.717, 1.165) is 5.39 Å². The standard InChI is InChI=1S/C10H8O3S.F3S/c11-14(12,13)10-7-3-5-8-4-1-2-6-9(8)10;1-4(2)3/h1-7H,(H,11,12,13);/q;+1/p-1. The SMILES string of the molecule is F[S+](F)F.O=S(=O)([O-])c1cccc2ccccc12. The molecule has 0 aliphatic carbocycles. The average molecular weight is 296 g/mol. The topological polar surface area (TPSA) is 57.2 Å². The van der Waals surface area contributed by atoms with Crippen LogP contribution in [0.2, 0.25) is 0 Å². The van der Waals surface area contributed by atoms with Crippen LogP contribution in [-0.2, 0) is 22.2 Å². The molecule has 18 heavy (non-hydrogen) atoms. The molecule has 0 atom stereocenters. The zero-order chi connectivity index (χ0) is 13.8. The van der Waals surface area contributed by atoms with Crippen molar-refractivity contribution < 1.29 is 24.6 Å². The lowest BCUT2D eigenvalue weighted by atomic mass is 10.1. The summed E-state index contributed by atoms with van der Waals surface area (Å²) in [5.41, 5.74) is 0. The van der Waals surface area contributed by atoms with E-state index in [0.29, 0.717) is 5.39 Å². The van der Waals surface area contributed by atoms with E-state index in [-0.39, 0.29) is 4.90 Å². The highest BCUT2D eigenvalue weighted by atomic mass is 32.3. The molecule has 0 unspecified atom stereocenters. The minimum absolute atomic E-state index is 0.157. The molecule has 0 heterocycles. The minimum atomic E-state index is -4.38. The molecule has 3 nitrogen and oxygen atoms in total. The monoisotopic (exact) mass is 296 g/mol. The van der Waals surface area contributed by atoms with Gasteiger partial charge in [0, 0.05) is 0 Å². The van der Waals surface area contributed by atoms with Crippen LogP contribution in [0.5, 0.6) is 0 Å². The van der Waals surface area contributed by atoms with Crippen LogP contribution in [0.4, 0.5) is 11.7 Å². The Balaban J connectivity index is 0.000000357. The summed E-state index contributed by atoms with van der Waals surface area (Å²) in [6.07, 6.45) is 0. The largest absolute Gasteiger partial charge is 0.744 e. The highest BCUT2D eigenvalue weighted by Crippen LogP contribution is 2.21. The van der Waals surface area contributed by atoms with Gasteiger partial charge in [0.15, 0.2) is 0 Å². The van der Waals surface area contributed by atoms with Crippen LogP contribution in [0.1, 0.15) is 0 Å². The fourth-order valence-electron chi connectivity index (χ4n) is 1.41. The maximum Gasteiger partial charge on any atom is 0.661 e. The first-order valence-electron chi connectivity index (χ1n) is 4.49. The van der Waals surface area contributed by atoms with Crippen LogP contribution in [0, 0.1) is 0 Å². The molecule has 0 bridgehead atoms. The van der Waals surface area contributed by atoms with Crippen molar-refractivity contribution in [3.8, 4) is 0 Å². The quantitative estimate of drug-likeness (QED) is 0.600. The van der Waals surface area contributed by atoms with Gasteiger partial charge in [0.05, 0.1) is 4.90 Å². The van der Waals surface area contributed by atoms with E-state index in [2.05, 4.69) is 0 Å². The third kappa shape index (κ3) is 4.21. The normalized spacial score (nSPS) is 11.2. The highest BCUT2D eigenvalue weighted by Gasteiger charge is 2.14. The summed E-state index contributed by atoms with van der Waals surface area (Å²) in [7, 11) is -4.38. The molecule has 0 spiro atoms. The Morgan fingerprint density at radius 1 is 0.944 bits per heavy atom. The van der Waals surface area contributed by atoms with Gasteiger partial charge in [-0.05, 0) is 16.8 Å². The first kappa shape index (κ1) is 14.8. The summed E-state index contributed by atoms with van der Waals surface area (Å²) >= 11 is -3.86. The fraction of sp³-hybridized carbons (Fsp3) is 0. The van der Waals surface area contributed by atoms with Gasteiger partial charge in [0.25, 0.3) is 0 Å². The lowest BCUT2D eigenvalue weighted by Gasteiger charge is -2.09. The Labute approximate surface area is 105 Å². The Kier molecular flexibility index (Phi) is 5.00. The molecule has 0 N–H and O–H groups in total. The molecule has 2 aromatic rings. The molecule has 0 aliphatic rings. The molecule has 0 amide bonds. The van der Waals surface area contributed by atoms with E-state index >= 15 is 0 Å². The molecule has 0 saturated carbocycles. The number of halogens is 3. The lowest BCUT2D eigenvalue weighted by Crippen LogP contribution is -1.98. The lowest BCUT2D eigenvalue weighted by molar-refractivity contribution is 0.464. The van der Waals surface area contributed by atoms with Gasteiger partial charge in [-0.3, -0.25) is 0 Å². The maximum absolute atomic E-state index is 10.9. The van der Waals surface area contributed by atoms with Crippen molar-refractivity contribution in [3.05, 3.63) is 42.5 Å². The fourth-order valence-corrected chi connectivity index (χ4v) is 2.11. The number of hydrogen-bond acceptors (Lipinski definition) is 3. The zero-order valence-corrected chi connectivity index (χ0v) is 10.3. The van der Waals surface area contributed by atoms with Crippen molar-refractivity contribution in [1.82, 2.24) is 0 Å². The Bertz CT molecular complexity index is 621. The predicted octanol–water partition coefficient (Wildman–Crippen LogP) is 3.00. The van der Waals surface area contributed by atoms with Crippen molar-refractivity contribution in [2.45, 2.75) is 4.90 Å². The van der Waals surface area contributed by atoms with Crippen molar-refractivity contribution in [1.29, 1.82) is 0 Å². The van der Waals surface area contributed by atoms with E-state index in [1.54, 1.807) is 36.4 Å². The third-order valence-corrected chi connectivity index (χ3v) is 2.91. The van der Waals surface area contributed by atoms with E-state index in [9.17, 15) is 24.6 Å². The van der Waals surface area contributed by atoms with Crippen LogP contribution >= 0.6 is 0 Å². The molecule has 0 radical (unpaired) electrons.